The molecule has 1 fully saturated rings. The number of imidazole rings is 1. The SMILES string of the molecule is Cc1cccn2cc(CNC(=O)c3nnn(C4CCNCC4)c3C)nc12. The zero-order valence-corrected chi connectivity index (χ0v) is 15.1. The summed E-state index contributed by atoms with van der Waals surface area (Å²) in [6, 6.07) is 4.31. The minimum Gasteiger partial charge on any atom is -0.345 e. The van der Waals surface area contributed by atoms with Crippen LogP contribution in [0.4, 0.5) is 0 Å². The van der Waals surface area contributed by atoms with Crippen molar-refractivity contribution in [2.75, 3.05) is 13.1 Å². The summed E-state index contributed by atoms with van der Waals surface area (Å²) in [5, 5.41) is 14.6. The van der Waals surface area contributed by atoms with Crippen LogP contribution in [0.15, 0.2) is 24.5 Å². The van der Waals surface area contributed by atoms with E-state index >= 15 is 0 Å². The highest BCUT2D eigenvalue weighted by molar-refractivity contribution is 5.93. The molecule has 0 saturated carbocycles. The van der Waals surface area contributed by atoms with Gasteiger partial charge < -0.3 is 15.0 Å². The summed E-state index contributed by atoms with van der Waals surface area (Å²) in [5.41, 5.74) is 4.04. The molecule has 2 N–H and O–H groups in total. The number of carbonyl (C=O) groups excluding carboxylic acids is 1. The monoisotopic (exact) mass is 353 g/mol. The quantitative estimate of drug-likeness (QED) is 0.740. The molecule has 4 rings (SSSR count). The molecule has 1 saturated heterocycles. The summed E-state index contributed by atoms with van der Waals surface area (Å²) >= 11 is 0. The number of amides is 1. The van der Waals surface area contributed by atoms with E-state index in [4.69, 9.17) is 0 Å². The second-order valence-electron chi connectivity index (χ2n) is 6.79. The van der Waals surface area contributed by atoms with Gasteiger partial charge in [0.2, 0.25) is 0 Å². The zero-order chi connectivity index (χ0) is 18.1. The smallest absolute Gasteiger partial charge is 0.274 e. The van der Waals surface area contributed by atoms with Gasteiger partial charge in [0.15, 0.2) is 5.69 Å². The van der Waals surface area contributed by atoms with E-state index in [0.717, 1.165) is 48.5 Å². The van der Waals surface area contributed by atoms with Crippen LogP contribution in [0.2, 0.25) is 0 Å². The number of carbonyl (C=O) groups is 1. The largest absolute Gasteiger partial charge is 0.345 e. The van der Waals surface area contributed by atoms with Crippen molar-refractivity contribution in [3.8, 4) is 0 Å². The Kier molecular flexibility index (Phi) is 4.42. The predicted octanol–water partition coefficient (Wildman–Crippen LogP) is 1.40. The fraction of sp³-hybridized carbons (Fsp3) is 0.444. The van der Waals surface area contributed by atoms with Crippen LogP contribution in [0.3, 0.4) is 0 Å². The Hall–Kier alpha value is -2.74. The van der Waals surface area contributed by atoms with Gasteiger partial charge >= 0.3 is 0 Å². The molecule has 0 radical (unpaired) electrons. The van der Waals surface area contributed by atoms with Crippen molar-refractivity contribution in [2.45, 2.75) is 39.3 Å². The van der Waals surface area contributed by atoms with E-state index in [9.17, 15) is 4.79 Å². The molecule has 1 aliphatic heterocycles. The van der Waals surface area contributed by atoms with Crippen molar-refractivity contribution in [3.63, 3.8) is 0 Å². The Morgan fingerprint density at radius 3 is 2.92 bits per heavy atom. The summed E-state index contributed by atoms with van der Waals surface area (Å²) in [4.78, 5) is 17.1. The summed E-state index contributed by atoms with van der Waals surface area (Å²) < 4.78 is 3.86. The van der Waals surface area contributed by atoms with Gasteiger partial charge in [0.25, 0.3) is 5.91 Å². The van der Waals surface area contributed by atoms with Gasteiger partial charge in [-0.05, 0) is 51.4 Å². The maximum Gasteiger partial charge on any atom is 0.274 e. The number of hydrogen-bond acceptors (Lipinski definition) is 5. The molecule has 0 aromatic carbocycles. The average molecular weight is 353 g/mol. The molecule has 4 heterocycles. The van der Waals surface area contributed by atoms with E-state index in [1.165, 1.54) is 0 Å². The standard InChI is InChI=1S/C18H23N7O/c1-12-4-3-9-24-11-14(21-17(12)24)10-20-18(26)16-13(2)25(23-22-16)15-5-7-19-8-6-15/h3-4,9,11,15,19H,5-8,10H2,1-2H3,(H,20,26). The van der Waals surface area contributed by atoms with Gasteiger partial charge in [-0.2, -0.15) is 0 Å². The molecule has 8 heteroatoms. The number of hydrogen-bond donors (Lipinski definition) is 2. The molecule has 1 aliphatic rings. The molecule has 8 nitrogen and oxygen atoms in total. The first-order valence-electron chi connectivity index (χ1n) is 8.97. The fourth-order valence-electron chi connectivity index (χ4n) is 3.49. The molecule has 136 valence electrons. The third-order valence-electron chi connectivity index (χ3n) is 4.95. The number of piperidine rings is 1. The molecule has 0 unspecified atom stereocenters. The molecular formula is C18H23N7O. The summed E-state index contributed by atoms with van der Waals surface area (Å²) in [5.74, 6) is -0.212. The zero-order valence-electron chi connectivity index (χ0n) is 15.1. The first-order valence-corrected chi connectivity index (χ1v) is 8.97. The van der Waals surface area contributed by atoms with Crippen LogP contribution in [0.1, 0.15) is 46.3 Å². The van der Waals surface area contributed by atoms with Crippen LogP contribution < -0.4 is 10.6 Å². The number of rotatable bonds is 4. The molecule has 0 aliphatic carbocycles. The lowest BCUT2D eigenvalue weighted by molar-refractivity contribution is 0.0944. The van der Waals surface area contributed by atoms with Gasteiger partial charge in [-0.3, -0.25) is 4.79 Å². The molecule has 0 atom stereocenters. The van der Waals surface area contributed by atoms with E-state index in [2.05, 4.69) is 25.9 Å². The maximum absolute atomic E-state index is 12.5. The average Bonchev–Trinajstić information content (AvgIpc) is 3.25. The molecule has 3 aromatic heterocycles. The van der Waals surface area contributed by atoms with Crippen LogP contribution in [0.25, 0.3) is 5.65 Å². The molecule has 1 amide bonds. The fourth-order valence-corrected chi connectivity index (χ4v) is 3.49. The predicted molar refractivity (Wildman–Crippen MR) is 97.0 cm³/mol. The Morgan fingerprint density at radius 1 is 1.35 bits per heavy atom. The van der Waals surface area contributed by atoms with Crippen LogP contribution in [-0.2, 0) is 6.54 Å². The highest BCUT2D eigenvalue weighted by atomic mass is 16.2. The van der Waals surface area contributed by atoms with E-state index in [0.29, 0.717) is 18.3 Å². The number of fused-ring (bicyclic) bond motifs is 1. The third kappa shape index (κ3) is 3.08. The van der Waals surface area contributed by atoms with Crippen molar-refractivity contribution in [1.29, 1.82) is 0 Å². The minimum atomic E-state index is -0.212. The van der Waals surface area contributed by atoms with Crippen molar-refractivity contribution < 1.29 is 4.79 Å². The number of aryl methyl sites for hydroxylation is 1. The second-order valence-corrected chi connectivity index (χ2v) is 6.79. The number of nitrogens with one attached hydrogen (secondary N) is 2. The van der Waals surface area contributed by atoms with Crippen LogP contribution >= 0.6 is 0 Å². The van der Waals surface area contributed by atoms with Gasteiger partial charge in [-0.25, -0.2) is 9.67 Å². The lowest BCUT2D eigenvalue weighted by Gasteiger charge is -2.23. The maximum atomic E-state index is 12.5. The summed E-state index contributed by atoms with van der Waals surface area (Å²) in [7, 11) is 0. The van der Waals surface area contributed by atoms with Crippen LogP contribution in [0.5, 0.6) is 0 Å². The van der Waals surface area contributed by atoms with Gasteiger partial charge in [0.1, 0.15) is 5.65 Å². The Bertz CT molecular complexity index is 936. The normalized spacial score (nSPS) is 15.5. The summed E-state index contributed by atoms with van der Waals surface area (Å²) in [6.07, 6.45) is 5.90. The van der Waals surface area contributed by atoms with Crippen molar-refractivity contribution in [1.82, 2.24) is 35.0 Å². The summed E-state index contributed by atoms with van der Waals surface area (Å²) in [6.45, 7) is 6.23. The van der Waals surface area contributed by atoms with Crippen LogP contribution in [-0.4, -0.2) is 43.4 Å². The Labute approximate surface area is 151 Å². The molecule has 3 aromatic rings. The first-order chi connectivity index (χ1) is 12.6. The van der Waals surface area contributed by atoms with Gasteiger partial charge in [-0.1, -0.05) is 11.3 Å². The first kappa shape index (κ1) is 16.7. The van der Waals surface area contributed by atoms with E-state index in [1.807, 2.05) is 47.5 Å². The molecule has 0 bridgehead atoms. The lowest BCUT2D eigenvalue weighted by atomic mass is 10.1. The highest BCUT2D eigenvalue weighted by Gasteiger charge is 2.22. The lowest BCUT2D eigenvalue weighted by Crippen LogP contribution is -2.30. The Balaban J connectivity index is 1.46. The molecular weight excluding hydrogens is 330 g/mol. The minimum absolute atomic E-state index is 0.212. The van der Waals surface area contributed by atoms with Crippen LogP contribution in [0, 0.1) is 13.8 Å². The third-order valence-corrected chi connectivity index (χ3v) is 4.95. The van der Waals surface area contributed by atoms with Gasteiger partial charge in [0, 0.05) is 12.4 Å². The number of nitrogens with zero attached hydrogens (tertiary/aromatic N) is 5. The number of pyridine rings is 1. The van der Waals surface area contributed by atoms with Crippen molar-refractivity contribution in [2.24, 2.45) is 0 Å². The van der Waals surface area contributed by atoms with E-state index in [-0.39, 0.29) is 5.91 Å². The Morgan fingerprint density at radius 2 is 2.15 bits per heavy atom. The van der Waals surface area contributed by atoms with Crippen molar-refractivity contribution >= 4 is 11.6 Å². The second kappa shape index (κ2) is 6.87. The topological polar surface area (TPSA) is 89.1 Å². The van der Waals surface area contributed by atoms with Gasteiger partial charge in [0.05, 0.1) is 24.0 Å². The van der Waals surface area contributed by atoms with Gasteiger partial charge in [-0.15, -0.1) is 5.10 Å². The van der Waals surface area contributed by atoms with E-state index < -0.39 is 0 Å². The van der Waals surface area contributed by atoms with E-state index in [1.54, 1.807) is 0 Å². The van der Waals surface area contributed by atoms with Crippen molar-refractivity contribution in [3.05, 3.63) is 47.2 Å². The molecule has 26 heavy (non-hydrogen) atoms. The highest BCUT2D eigenvalue weighted by Crippen LogP contribution is 2.20. The molecule has 0 spiro atoms. The number of aromatic nitrogens is 5.